The zero-order valence-electron chi connectivity index (χ0n) is 16.4. The van der Waals surface area contributed by atoms with E-state index in [1.807, 2.05) is 12.1 Å². The minimum atomic E-state index is -0.130. The first-order valence-corrected chi connectivity index (χ1v) is 10.3. The Bertz CT molecular complexity index is 877. The molecule has 0 aliphatic carbocycles. The van der Waals surface area contributed by atoms with Crippen LogP contribution >= 0.6 is 11.3 Å². The lowest BCUT2D eigenvalue weighted by Gasteiger charge is -2.25. The summed E-state index contributed by atoms with van der Waals surface area (Å²) in [4.78, 5) is 20.5. The van der Waals surface area contributed by atoms with Gasteiger partial charge in [-0.1, -0.05) is 11.3 Å². The van der Waals surface area contributed by atoms with Gasteiger partial charge in [0.1, 0.15) is 11.6 Å². The molecule has 0 spiro atoms. The van der Waals surface area contributed by atoms with E-state index in [1.54, 1.807) is 32.7 Å². The monoisotopic (exact) mass is 403 g/mol. The van der Waals surface area contributed by atoms with Crippen molar-refractivity contribution in [3.05, 3.63) is 22.6 Å². The number of piperidine rings is 1. The number of fused-ring (bicyclic) bond motifs is 1. The molecular weight excluding hydrogens is 378 g/mol. The molecule has 1 atom stereocenters. The first kappa shape index (κ1) is 18.9. The maximum atomic E-state index is 12.4. The van der Waals surface area contributed by atoms with Gasteiger partial charge in [0, 0.05) is 37.1 Å². The minimum absolute atomic E-state index is 0.0372. The standard InChI is InChI=1S/C20H25N3O4S/c1-25-14-11-16(27-3)15(26-2)9-12(14)13-10-17(24)21-19-18(13)28-20(22-19)23-7-5-4-6-8-23/h9,11,13H,4-8,10H2,1-3H3,(H,21,24). The molecule has 1 aromatic carbocycles. The summed E-state index contributed by atoms with van der Waals surface area (Å²) in [7, 11) is 4.83. The third-order valence-electron chi connectivity index (χ3n) is 5.34. The number of aromatic nitrogens is 1. The van der Waals surface area contributed by atoms with Crippen LogP contribution in [-0.4, -0.2) is 45.3 Å². The molecule has 1 N–H and O–H groups in total. The lowest BCUT2D eigenvalue weighted by atomic mass is 9.90. The molecule has 0 radical (unpaired) electrons. The fourth-order valence-corrected chi connectivity index (χ4v) is 5.10. The van der Waals surface area contributed by atoms with Gasteiger partial charge in [-0.15, -0.1) is 0 Å². The lowest BCUT2D eigenvalue weighted by molar-refractivity contribution is -0.116. The zero-order chi connectivity index (χ0) is 19.7. The quantitative estimate of drug-likeness (QED) is 0.822. The number of carbonyl (C=O) groups excluding carboxylic acids is 1. The van der Waals surface area contributed by atoms with Gasteiger partial charge in [-0.05, 0) is 25.3 Å². The molecule has 1 saturated heterocycles. The van der Waals surface area contributed by atoms with Gasteiger partial charge in [0.05, 0.1) is 26.2 Å². The number of rotatable bonds is 5. The molecule has 2 aliphatic rings. The van der Waals surface area contributed by atoms with E-state index in [1.165, 1.54) is 19.3 Å². The van der Waals surface area contributed by atoms with E-state index in [-0.39, 0.29) is 11.8 Å². The number of hydrogen-bond donors (Lipinski definition) is 1. The molecule has 2 aromatic rings. The lowest BCUT2D eigenvalue weighted by Crippen LogP contribution is -2.29. The molecule has 1 aromatic heterocycles. The second kappa shape index (κ2) is 7.87. The maximum Gasteiger partial charge on any atom is 0.226 e. The Labute approximate surface area is 168 Å². The summed E-state index contributed by atoms with van der Waals surface area (Å²) in [5, 5.41) is 3.93. The topological polar surface area (TPSA) is 72.9 Å². The molecular formula is C20H25N3O4S. The second-order valence-corrected chi connectivity index (χ2v) is 8.02. The van der Waals surface area contributed by atoms with E-state index in [4.69, 9.17) is 19.2 Å². The summed E-state index contributed by atoms with van der Waals surface area (Å²) in [5.41, 5.74) is 0.907. The van der Waals surface area contributed by atoms with Crippen LogP contribution in [0.25, 0.3) is 0 Å². The fraction of sp³-hybridized carbons (Fsp3) is 0.500. The molecule has 0 bridgehead atoms. The van der Waals surface area contributed by atoms with Crippen molar-refractivity contribution < 1.29 is 19.0 Å². The SMILES string of the molecule is COc1cc(OC)c(C2CC(=O)Nc3nc(N4CCCCC4)sc32)cc1OC. The summed E-state index contributed by atoms with van der Waals surface area (Å²) in [6, 6.07) is 3.72. The summed E-state index contributed by atoms with van der Waals surface area (Å²) in [6.07, 6.45) is 3.98. The highest BCUT2D eigenvalue weighted by Crippen LogP contribution is 2.48. The highest BCUT2D eigenvalue weighted by molar-refractivity contribution is 7.16. The van der Waals surface area contributed by atoms with E-state index >= 15 is 0 Å². The van der Waals surface area contributed by atoms with Crippen molar-refractivity contribution in [2.24, 2.45) is 0 Å². The Hall–Kier alpha value is -2.48. The number of amides is 1. The Morgan fingerprint density at radius 1 is 1.04 bits per heavy atom. The Morgan fingerprint density at radius 2 is 1.71 bits per heavy atom. The van der Waals surface area contributed by atoms with Crippen molar-refractivity contribution in [1.82, 2.24) is 4.98 Å². The zero-order valence-corrected chi connectivity index (χ0v) is 17.2. The minimum Gasteiger partial charge on any atom is -0.496 e. The van der Waals surface area contributed by atoms with Crippen molar-refractivity contribution >= 4 is 28.2 Å². The van der Waals surface area contributed by atoms with Crippen molar-refractivity contribution in [3.8, 4) is 17.2 Å². The van der Waals surface area contributed by atoms with Crippen LogP contribution in [0.4, 0.5) is 10.9 Å². The van der Waals surface area contributed by atoms with Crippen LogP contribution in [0.5, 0.6) is 17.2 Å². The average Bonchev–Trinajstić information content (AvgIpc) is 3.16. The van der Waals surface area contributed by atoms with Gasteiger partial charge in [0.15, 0.2) is 16.6 Å². The van der Waals surface area contributed by atoms with Gasteiger partial charge >= 0.3 is 0 Å². The third kappa shape index (κ3) is 3.37. The van der Waals surface area contributed by atoms with Gasteiger partial charge < -0.3 is 24.4 Å². The van der Waals surface area contributed by atoms with Crippen LogP contribution in [0.2, 0.25) is 0 Å². The normalized spacial score (nSPS) is 19.0. The molecule has 150 valence electrons. The van der Waals surface area contributed by atoms with E-state index in [9.17, 15) is 4.79 Å². The largest absolute Gasteiger partial charge is 0.496 e. The van der Waals surface area contributed by atoms with Crippen LogP contribution in [0.15, 0.2) is 12.1 Å². The molecule has 1 amide bonds. The Balaban J connectivity index is 1.77. The number of thiazole rings is 1. The first-order chi connectivity index (χ1) is 13.6. The van der Waals surface area contributed by atoms with Crippen LogP contribution in [0.3, 0.4) is 0 Å². The Morgan fingerprint density at radius 3 is 2.39 bits per heavy atom. The van der Waals surface area contributed by atoms with E-state index in [2.05, 4.69) is 10.2 Å². The predicted molar refractivity (Wildman–Crippen MR) is 109 cm³/mol. The van der Waals surface area contributed by atoms with Crippen LogP contribution in [0, 0.1) is 0 Å². The molecule has 3 heterocycles. The highest BCUT2D eigenvalue weighted by Gasteiger charge is 2.34. The summed E-state index contributed by atoms with van der Waals surface area (Å²) in [5.74, 6) is 2.40. The number of anilines is 2. The smallest absolute Gasteiger partial charge is 0.226 e. The van der Waals surface area contributed by atoms with Gasteiger partial charge in [-0.3, -0.25) is 4.79 Å². The van der Waals surface area contributed by atoms with Crippen molar-refractivity contribution in [2.45, 2.75) is 31.6 Å². The van der Waals surface area contributed by atoms with Gasteiger partial charge in [-0.25, -0.2) is 4.98 Å². The molecule has 1 fully saturated rings. The van der Waals surface area contributed by atoms with Crippen molar-refractivity contribution in [1.29, 1.82) is 0 Å². The van der Waals surface area contributed by atoms with E-state index in [0.717, 1.165) is 28.7 Å². The molecule has 7 nitrogen and oxygen atoms in total. The summed E-state index contributed by atoms with van der Waals surface area (Å²) >= 11 is 1.66. The number of nitrogens with one attached hydrogen (secondary N) is 1. The molecule has 28 heavy (non-hydrogen) atoms. The average molecular weight is 404 g/mol. The maximum absolute atomic E-state index is 12.4. The fourth-order valence-electron chi connectivity index (χ4n) is 3.90. The summed E-state index contributed by atoms with van der Waals surface area (Å²) in [6.45, 7) is 2.04. The van der Waals surface area contributed by atoms with Crippen LogP contribution in [-0.2, 0) is 4.79 Å². The molecule has 2 aliphatic heterocycles. The van der Waals surface area contributed by atoms with Gasteiger partial charge in [-0.2, -0.15) is 0 Å². The molecule has 4 rings (SSSR count). The predicted octanol–water partition coefficient (Wildman–Crippen LogP) is 3.63. The molecule has 0 saturated carbocycles. The van der Waals surface area contributed by atoms with Gasteiger partial charge in [0.2, 0.25) is 5.91 Å². The van der Waals surface area contributed by atoms with Crippen LogP contribution in [0.1, 0.15) is 42.0 Å². The number of ether oxygens (including phenoxy) is 3. The number of methoxy groups -OCH3 is 3. The number of carbonyl (C=O) groups is 1. The summed E-state index contributed by atoms with van der Waals surface area (Å²) < 4.78 is 16.5. The van der Waals surface area contributed by atoms with E-state index < -0.39 is 0 Å². The number of benzene rings is 1. The van der Waals surface area contributed by atoms with Crippen molar-refractivity contribution in [2.75, 3.05) is 44.6 Å². The van der Waals surface area contributed by atoms with Crippen molar-refractivity contribution in [3.63, 3.8) is 0 Å². The molecule has 1 unspecified atom stereocenters. The first-order valence-electron chi connectivity index (χ1n) is 9.50. The third-order valence-corrected chi connectivity index (χ3v) is 6.57. The van der Waals surface area contributed by atoms with Gasteiger partial charge in [0.25, 0.3) is 0 Å². The Kier molecular flexibility index (Phi) is 5.30. The van der Waals surface area contributed by atoms with E-state index in [0.29, 0.717) is 29.5 Å². The number of nitrogens with zero attached hydrogens (tertiary/aromatic N) is 2. The molecule has 8 heteroatoms. The number of hydrogen-bond acceptors (Lipinski definition) is 7. The second-order valence-electron chi connectivity index (χ2n) is 7.01. The highest BCUT2D eigenvalue weighted by atomic mass is 32.1. The van der Waals surface area contributed by atoms with Crippen LogP contribution < -0.4 is 24.4 Å².